The molecule has 8 heteroatoms. The van der Waals surface area contributed by atoms with E-state index in [9.17, 15) is 18.0 Å². The highest BCUT2D eigenvalue weighted by atomic mass is 32.2. The van der Waals surface area contributed by atoms with Crippen LogP contribution in [0, 0.1) is 13.8 Å². The van der Waals surface area contributed by atoms with Crippen LogP contribution in [-0.4, -0.2) is 26.8 Å². The van der Waals surface area contributed by atoms with E-state index < -0.39 is 21.8 Å². The van der Waals surface area contributed by atoms with Crippen LogP contribution in [0.2, 0.25) is 0 Å². The number of primary amides is 1. The maximum absolute atomic E-state index is 12.4. The SMILES string of the molecule is Cc1ccc(S(=O)(=O)NCc2ccc(C(=O)NCC(N)=O)cc2)cc1C. The van der Waals surface area contributed by atoms with Crippen LogP contribution in [0.1, 0.15) is 27.0 Å². The molecule has 0 heterocycles. The van der Waals surface area contributed by atoms with Gasteiger partial charge >= 0.3 is 0 Å². The van der Waals surface area contributed by atoms with Crippen LogP contribution in [0.5, 0.6) is 0 Å². The van der Waals surface area contributed by atoms with Crippen molar-refractivity contribution < 1.29 is 18.0 Å². The Labute approximate surface area is 152 Å². The lowest BCUT2D eigenvalue weighted by atomic mass is 10.1. The molecule has 4 N–H and O–H groups in total. The zero-order valence-electron chi connectivity index (χ0n) is 14.6. The largest absolute Gasteiger partial charge is 0.368 e. The maximum atomic E-state index is 12.4. The highest BCUT2D eigenvalue weighted by Crippen LogP contribution is 2.15. The molecule has 2 amide bonds. The number of nitrogens with two attached hydrogens (primary N) is 1. The number of nitrogens with one attached hydrogen (secondary N) is 2. The van der Waals surface area contributed by atoms with Crippen LogP contribution in [-0.2, 0) is 21.4 Å². The van der Waals surface area contributed by atoms with Crippen molar-refractivity contribution in [3.63, 3.8) is 0 Å². The molecule has 0 spiro atoms. The fourth-order valence-corrected chi connectivity index (χ4v) is 3.29. The number of aryl methyl sites for hydroxylation is 2. The van der Waals surface area contributed by atoms with Crippen LogP contribution in [0.15, 0.2) is 47.4 Å². The van der Waals surface area contributed by atoms with Gasteiger partial charge in [0.15, 0.2) is 0 Å². The minimum Gasteiger partial charge on any atom is -0.368 e. The van der Waals surface area contributed by atoms with Crippen molar-refractivity contribution in [2.45, 2.75) is 25.3 Å². The third-order valence-corrected chi connectivity index (χ3v) is 5.29. The first-order valence-electron chi connectivity index (χ1n) is 7.91. The molecule has 0 atom stereocenters. The van der Waals surface area contributed by atoms with Crippen LogP contribution < -0.4 is 15.8 Å². The molecule has 2 rings (SSSR count). The fraction of sp³-hybridized carbons (Fsp3) is 0.222. The van der Waals surface area contributed by atoms with Gasteiger partial charge < -0.3 is 11.1 Å². The smallest absolute Gasteiger partial charge is 0.251 e. The molecule has 26 heavy (non-hydrogen) atoms. The molecule has 0 aliphatic carbocycles. The first kappa shape index (κ1) is 19.6. The molecular formula is C18H21N3O4S. The summed E-state index contributed by atoms with van der Waals surface area (Å²) < 4.78 is 27.3. The number of benzene rings is 2. The fourth-order valence-electron chi connectivity index (χ4n) is 2.19. The van der Waals surface area contributed by atoms with E-state index in [1.165, 1.54) is 0 Å². The van der Waals surface area contributed by atoms with E-state index in [2.05, 4.69) is 10.0 Å². The second-order valence-electron chi connectivity index (χ2n) is 5.92. The molecule has 2 aromatic rings. The van der Waals surface area contributed by atoms with Crippen molar-refractivity contribution in [1.29, 1.82) is 0 Å². The van der Waals surface area contributed by atoms with E-state index >= 15 is 0 Å². The minimum absolute atomic E-state index is 0.0957. The predicted molar refractivity (Wildman–Crippen MR) is 97.9 cm³/mol. The van der Waals surface area contributed by atoms with Crippen molar-refractivity contribution in [3.8, 4) is 0 Å². The lowest BCUT2D eigenvalue weighted by Crippen LogP contribution is -2.33. The third-order valence-electron chi connectivity index (χ3n) is 3.89. The van der Waals surface area contributed by atoms with E-state index in [0.29, 0.717) is 11.1 Å². The van der Waals surface area contributed by atoms with E-state index in [1.807, 2.05) is 13.8 Å². The highest BCUT2D eigenvalue weighted by molar-refractivity contribution is 7.89. The summed E-state index contributed by atoms with van der Waals surface area (Å²) in [6, 6.07) is 11.3. The summed E-state index contributed by atoms with van der Waals surface area (Å²) in [7, 11) is -3.62. The Bertz CT molecular complexity index is 922. The average Bonchev–Trinajstić information content (AvgIpc) is 2.60. The highest BCUT2D eigenvalue weighted by Gasteiger charge is 2.14. The molecule has 2 aromatic carbocycles. The monoisotopic (exact) mass is 375 g/mol. The Morgan fingerprint density at radius 2 is 1.65 bits per heavy atom. The predicted octanol–water partition coefficient (Wildman–Crippen LogP) is 0.997. The van der Waals surface area contributed by atoms with Gasteiger partial charge in [-0.1, -0.05) is 18.2 Å². The molecule has 0 fully saturated rings. The molecule has 0 saturated carbocycles. The Morgan fingerprint density at radius 1 is 1.00 bits per heavy atom. The van der Waals surface area contributed by atoms with Gasteiger partial charge in [0.2, 0.25) is 15.9 Å². The molecule has 0 bridgehead atoms. The summed E-state index contributed by atoms with van der Waals surface area (Å²) in [5, 5.41) is 2.38. The molecule has 0 aromatic heterocycles. The van der Waals surface area contributed by atoms with Gasteiger partial charge in [-0.2, -0.15) is 0 Å². The number of amides is 2. The Morgan fingerprint density at radius 3 is 2.23 bits per heavy atom. The molecule has 0 saturated heterocycles. The van der Waals surface area contributed by atoms with Gasteiger partial charge in [0, 0.05) is 12.1 Å². The lowest BCUT2D eigenvalue weighted by Gasteiger charge is -2.09. The normalized spacial score (nSPS) is 11.2. The molecule has 0 aliphatic rings. The van der Waals surface area contributed by atoms with Gasteiger partial charge in [-0.05, 0) is 54.8 Å². The summed E-state index contributed by atoms with van der Waals surface area (Å²) >= 11 is 0. The number of hydrogen-bond acceptors (Lipinski definition) is 4. The zero-order chi connectivity index (χ0) is 19.3. The second-order valence-corrected chi connectivity index (χ2v) is 7.68. The van der Waals surface area contributed by atoms with E-state index in [0.717, 1.165) is 11.1 Å². The molecule has 0 aliphatic heterocycles. The van der Waals surface area contributed by atoms with Crippen LogP contribution >= 0.6 is 0 Å². The van der Waals surface area contributed by atoms with Gasteiger partial charge in [-0.25, -0.2) is 13.1 Å². The van der Waals surface area contributed by atoms with Gasteiger partial charge in [-0.15, -0.1) is 0 Å². The van der Waals surface area contributed by atoms with Crippen molar-refractivity contribution in [2.75, 3.05) is 6.54 Å². The van der Waals surface area contributed by atoms with E-state index in [1.54, 1.807) is 42.5 Å². The average molecular weight is 375 g/mol. The van der Waals surface area contributed by atoms with Crippen LogP contribution in [0.4, 0.5) is 0 Å². The van der Waals surface area contributed by atoms with Crippen molar-refractivity contribution >= 4 is 21.8 Å². The van der Waals surface area contributed by atoms with Crippen LogP contribution in [0.25, 0.3) is 0 Å². The molecule has 0 radical (unpaired) electrons. The first-order valence-corrected chi connectivity index (χ1v) is 9.40. The summed E-state index contributed by atoms with van der Waals surface area (Å²) in [6.45, 7) is 3.63. The topological polar surface area (TPSA) is 118 Å². The Kier molecular flexibility index (Phi) is 6.12. The van der Waals surface area contributed by atoms with Gasteiger partial charge in [0.05, 0.1) is 11.4 Å². The number of hydrogen-bond donors (Lipinski definition) is 3. The maximum Gasteiger partial charge on any atom is 0.251 e. The standard InChI is InChI=1S/C18H21N3O4S/c1-12-3-8-16(9-13(12)2)26(24,25)21-10-14-4-6-15(7-5-14)18(23)20-11-17(19)22/h3-9,21H,10-11H2,1-2H3,(H2,19,22)(H,20,23). The van der Waals surface area contributed by atoms with Gasteiger partial charge in [0.1, 0.15) is 0 Å². The van der Waals surface area contributed by atoms with Crippen molar-refractivity contribution in [3.05, 3.63) is 64.7 Å². The number of rotatable bonds is 7. The van der Waals surface area contributed by atoms with E-state index in [4.69, 9.17) is 5.73 Å². The molecular weight excluding hydrogens is 354 g/mol. The Hall–Kier alpha value is -2.71. The minimum atomic E-state index is -3.62. The van der Waals surface area contributed by atoms with Gasteiger partial charge in [-0.3, -0.25) is 9.59 Å². The molecule has 0 unspecified atom stereocenters. The number of sulfonamides is 1. The van der Waals surface area contributed by atoms with Gasteiger partial charge in [0.25, 0.3) is 5.91 Å². The molecule has 138 valence electrons. The lowest BCUT2D eigenvalue weighted by molar-refractivity contribution is -0.117. The number of carbonyl (C=O) groups excluding carboxylic acids is 2. The van der Waals surface area contributed by atoms with Crippen molar-refractivity contribution in [2.24, 2.45) is 5.73 Å². The van der Waals surface area contributed by atoms with Crippen LogP contribution in [0.3, 0.4) is 0 Å². The summed E-state index contributed by atoms with van der Waals surface area (Å²) in [5.74, 6) is -1.05. The summed E-state index contributed by atoms with van der Waals surface area (Å²) in [4.78, 5) is 22.7. The van der Waals surface area contributed by atoms with Crippen molar-refractivity contribution in [1.82, 2.24) is 10.0 Å². The Balaban J connectivity index is 2.01. The first-order chi connectivity index (χ1) is 12.2. The van der Waals surface area contributed by atoms with E-state index in [-0.39, 0.29) is 18.0 Å². The molecule has 7 nitrogen and oxygen atoms in total. The summed E-state index contributed by atoms with van der Waals surface area (Å²) in [5.41, 5.74) is 7.95. The second kappa shape index (κ2) is 8.11. The summed E-state index contributed by atoms with van der Waals surface area (Å²) in [6.07, 6.45) is 0. The third kappa shape index (κ3) is 5.14. The quantitative estimate of drug-likeness (QED) is 0.669. The number of carbonyl (C=O) groups is 2. The zero-order valence-corrected chi connectivity index (χ0v) is 15.4.